The summed E-state index contributed by atoms with van der Waals surface area (Å²) in [6.07, 6.45) is 3.50. The molecule has 0 spiro atoms. The molecule has 0 unspecified atom stereocenters. The largest absolute Gasteiger partial charge is 0.489 e. The Morgan fingerprint density at radius 1 is 1.18 bits per heavy atom. The van der Waals surface area contributed by atoms with Gasteiger partial charge in [0.15, 0.2) is 0 Å². The quantitative estimate of drug-likeness (QED) is 0.448. The second-order valence-electron chi connectivity index (χ2n) is 9.44. The standard InChI is InChI=1S/C26H28ClN3O3S/c1-15-10-17(27)11-20(25(15)33-22-7-9-29(3)13-16(22)2)19-6-8-28-21-12-18(34-26(19)21)14-30-23(31)4-5-24(30)32/h6,8,10-12,16,22H,4-5,7,9,13-14H2,1-3H3/t16-,22+/m0/s1. The number of imide groups is 1. The number of pyridine rings is 1. The number of halogens is 1. The Bertz CT molecular complexity index is 1260. The SMILES string of the molecule is Cc1cc(Cl)cc(-c2ccnc3cc(CN4C(=O)CCC4=O)sc23)c1O[C@@H]1CCN(C)C[C@@H]1C. The number of aromatic nitrogens is 1. The van der Waals surface area contributed by atoms with Gasteiger partial charge < -0.3 is 9.64 Å². The van der Waals surface area contributed by atoms with E-state index in [1.807, 2.05) is 31.2 Å². The molecule has 0 saturated carbocycles. The lowest BCUT2D eigenvalue weighted by Gasteiger charge is -2.35. The van der Waals surface area contributed by atoms with Crippen LogP contribution in [0.4, 0.5) is 0 Å². The summed E-state index contributed by atoms with van der Waals surface area (Å²) in [5.74, 6) is 1.06. The van der Waals surface area contributed by atoms with Crippen LogP contribution in [0.15, 0.2) is 30.5 Å². The highest BCUT2D eigenvalue weighted by Crippen LogP contribution is 2.42. The van der Waals surface area contributed by atoms with Crippen molar-refractivity contribution in [3.8, 4) is 16.9 Å². The number of ether oxygens (including phenoxy) is 1. The van der Waals surface area contributed by atoms with Gasteiger partial charge in [0.2, 0.25) is 11.8 Å². The van der Waals surface area contributed by atoms with Crippen LogP contribution in [0.5, 0.6) is 5.75 Å². The summed E-state index contributed by atoms with van der Waals surface area (Å²) >= 11 is 8.07. The highest BCUT2D eigenvalue weighted by atomic mass is 35.5. The zero-order chi connectivity index (χ0) is 24.0. The molecule has 34 heavy (non-hydrogen) atoms. The van der Waals surface area contributed by atoms with Crippen LogP contribution in [-0.2, 0) is 16.1 Å². The number of carbonyl (C=O) groups is 2. The Kier molecular flexibility index (Phi) is 6.35. The van der Waals surface area contributed by atoms with Crippen molar-refractivity contribution in [3.63, 3.8) is 0 Å². The molecule has 6 nitrogen and oxygen atoms in total. The van der Waals surface area contributed by atoms with Crippen molar-refractivity contribution in [2.75, 3.05) is 20.1 Å². The Balaban J connectivity index is 1.53. The van der Waals surface area contributed by atoms with Crippen LogP contribution in [0.3, 0.4) is 0 Å². The number of thiophene rings is 1. The van der Waals surface area contributed by atoms with Gasteiger partial charge >= 0.3 is 0 Å². The Morgan fingerprint density at radius 3 is 2.68 bits per heavy atom. The maximum atomic E-state index is 12.1. The molecule has 178 valence electrons. The maximum Gasteiger partial charge on any atom is 0.230 e. The first-order valence-corrected chi connectivity index (χ1v) is 12.9. The zero-order valence-corrected chi connectivity index (χ0v) is 21.2. The van der Waals surface area contributed by atoms with E-state index >= 15 is 0 Å². The Hall–Kier alpha value is -2.48. The maximum absolute atomic E-state index is 12.1. The number of likely N-dealkylation sites (tertiary alicyclic amines) is 2. The first-order valence-electron chi connectivity index (χ1n) is 11.7. The van der Waals surface area contributed by atoms with Gasteiger partial charge in [-0.15, -0.1) is 11.3 Å². The highest BCUT2D eigenvalue weighted by molar-refractivity contribution is 7.19. The number of rotatable bonds is 5. The first-order chi connectivity index (χ1) is 16.3. The molecular weight excluding hydrogens is 470 g/mol. The molecule has 5 rings (SSSR count). The number of nitrogens with zero attached hydrogens (tertiary/aromatic N) is 3. The summed E-state index contributed by atoms with van der Waals surface area (Å²) in [4.78, 5) is 33.4. The van der Waals surface area contributed by atoms with Crippen molar-refractivity contribution in [2.24, 2.45) is 5.92 Å². The molecule has 2 fully saturated rings. The van der Waals surface area contributed by atoms with Crippen molar-refractivity contribution in [1.29, 1.82) is 0 Å². The molecule has 8 heteroatoms. The molecular formula is C26H28ClN3O3S. The van der Waals surface area contributed by atoms with Crippen LogP contribution < -0.4 is 4.74 Å². The second kappa shape index (κ2) is 9.29. The number of aryl methyl sites for hydroxylation is 1. The van der Waals surface area contributed by atoms with Crippen molar-refractivity contribution in [3.05, 3.63) is 45.9 Å². The van der Waals surface area contributed by atoms with Gasteiger partial charge in [0.05, 0.1) is 16.8 Å². The number of piperidine rings is 1. The van der Waals surface area contributed by atoms with Crippen LogP contribution in [0.1, 0.15) is 36.6 Å². The molecule has 2 aliphatic rings. The van der Waals surface area contributed by atoms with E-state index in [9.17, 15) is 9.59 Å². The lowest BCUT2D eigenvalue weighted by molar-refractivity contribution is -0.138. The molecule has 0 N–H and O–H groups in total. The lowest BCUT2D eigenvalue weighted by atomic mass is 9.96. The van der Waals surface area contributed by atoms with Crippen LogP contribution >= 0.6 is 22.9 Å². The normalized spacial score (nSPS) is 21.6. The van der Waals surface area contributed by atoms with Crippen molar-refractivity contribution in [2.45, 2.75) is 45.8 Å². The topological polar surface area (TPSA) is 62.7 Å². The number of benzene rings is 1. The van der Waals surface area contributed by atoms with Gasteiger partial charge in [-0.05, 0) is 50.2 Å². The predicted octanol–water partition coefficient (Wildman–Crippen LogP) is 5.29. The van der Waals surface area contributed by atoms with Gasteiger partial charge in [-0.3, -0.25) is 19.5 Å². The monoisotopic (exact) mass is 497 g/mol. The minimum absolute atomic E-state index is 0.107. The van der Waals surface area contributed by atoms with Gasteiger partial charge in [0, 0.05) is 59.1 Å². The third kappa shape index (κ3) is 4.44. The Labute approximate surface area is 208 Å². The summed E-state index contributed by atoms with van der Waals surface area (Å²) in [6.45, 7) is 6.59. The first kappa shape index (κ1) is 23.3. The van der Waals surface area contributed by atoms with Gasteiger partial charge in [-0.1, -0.05) is 18.5 Å². The lowest BCUT2D eigenvalue weighted by Crippen LogP contribution is -2.42. The summed E-state index contributed by atoms with van der Waals surface area (Å²) in [5.41, 5.74) is 3.79. The number of fused-ring (bicyclic) bond motifs is 1. The molecule has 3 aromatic rings. The molecule has 2 amide bonds. The molecule has 1 aromatic carbocycles. The number of hydrogen-bond donors (Lipinski definition) is 0. The number of carbonyl (C=O) groups excluding carboxylic acids is 2. The average molecular weight is 498 g/mol. The highest BCUT2D eigenvalue weighted by Gasteiger charge is 2.30. The molecule has 0 bridgehead atoms. The van der Waals surface area contributed by atoms with Crippen molar-refractivity contribution < 1.29 is 14.3 Å². The molecule has 2 aromatic heterocycles. The summed E-state index contributed by atoms with van der Waals surface area (Å²) in [5, 5.41) is 0.659. The van der Waals surface area contributed by atoms with E-state index in [1.165, 1.54) is 4.90 Å². The van der Waals surface area contributed by atoms with E-state index in [-0.39, 0.29) is 17.9 Å². The van der Waals surface area contributed by atoms with Crippen LogP contribution in [0.25, 0.3) is 21.3 Å². The summed E-state index contributed by atoms with van der Waals surface area (Å²) in [7, 11) is 2.15. The average Bonchev–Trinajstić information content (AvgIpc) is 3.34. The fourth-order valence-electron chi connectivity index (χ4n) is 4.98. The van der Waals surface area contributed by atoms with E-state index in [2.05, 4.69) is 23.9 Å². The summed E-state index contributed by atoms with van der Waals surface area (Å²) < 4.78 is 7.68. The number of amides is 2. The molecule has 2 saturated heterocycles. The fraction of sp³-hybridized carbons (Fsp3) is 0.423. The van der Waals surface area contributed by atoms with Crippen molar-refractivity contribution in [1.82, 2.24) is 14.8 Å². The van der Waals surface area contributed by atoms with Gasteiger partial charge in [-0.2, -0.15) is 0 Å². The van der Waals surface area contributed by atoms with E-state index in [1.54, 1.807) is 17.5 Å². The fourth-order valence-corrected chi connectivity index (χ4v) is 6.38. The molecule has 0 aliphatic carbocycles. The summed E-state index contributed by atoms with van der Waals surface area (Å²) in [6, 6.07) is 7.87. The van der Waals surface area contributed by atoms with E-state index < -0.39 is 0 Å². The molecule has 0 radical (unpaired) electrons. The second-order valence-corrected chi connectivity index (χ2v) is 11.0. The number of hydrogen-bond acceptors (Lipinski definition) is 6. The van der Waals surface area contributed by atoms with Crippen LogP contribution in [-0.4, -0.2) is 52.8 Å². The van der Waals surface area contributed by atoms with Gasteiger partial charge in [0.25, 0.3) is 0 Å². The molecule has 4 heterocycles. The van der Waals surface area contributed by atoms with E-state index in [0.29, 0.717) is 30.3 Å². The van der Waals surface area contributed by atoms with E-state index in [0.717, 1.165) is 57.0 Å². The Morgan fingerprint density at radius 2 is 1.94 bits per heavy atom. The zero-order valence-electron chi connectivity index (χ0n) is 19.6. The predicted molar refractivity (Wildman–Crippen MR) is 135 cm³/mol. The van der Waals surface area contributed by atoms with Crippen LogP contribution in [0.2, 0.25) is 5.02 Å². The minimum atomic E-state index is -0.107. The minimum Gasteiger partial charge on any atom is -0.489 e. The molecule has 2 atom stereocenters. The van der Waals surface area contributed by atoms with Gasteiger partial charge in [-0.25, -0.2) is 0 Å². The smallest absolute Gasteiger partial charge is 0.230 e. The molecule has 2 aliphatic heterocycles. The van der Waals surface area contributed by atoms with Crippen LogP contribution in [0, 0.1) is 12.8 Å². The van der Waals surface area contributed by atoms with Crippen molar-refractivity contribution >= 4 is 45.0 Å². The van der Waals surface area contributed by atoms with Gasteiger partial charge in [0.1, 0.15) is 11.9 Å². The third-order valence-electron chi connectivity index (χ3n) is 6.76. The third-order valence-corrected chi connectivity index (χ3v) is 8.12. The van der Waals surface area contributed by atoms with E-state index in [4.69, 9.17) is 16.3 Å².